The Labute approximate surface area is 81.7 Å². The van der Waals surface area contributed by atoms with Gasteiger partial charge < -0.3 is 0 Å². The predicted octanol–water partition coefficient (Wildman–Crippen LogP) is 3.95. The zero-order valence-electron chi connectivity index (χ0n) is 9.44. The summed E-state index contributed by atoms with van der Waals surface area (Å²) in [6.45, 7) is 11.7. The van der Waals surface area contributed by atoms with Crippen LogP contribution >= 0.6 is 0 Å². The molecule has 0 heteroatoms. The second-order valence-corrected chi connectivity index (χ2v) is 5.55. The molecule has 0 aromatic rings. The Morgan fingerprint density at radius 3 is 2.31 bits per heavy atom. The minimum atomic E-state index is 0.417. The first-order valence-corrected chi connectivity index (χ1v) is 5.31. The molecule has 0 aromatic heterocycles. The van der Waals surface area contributed by atoms with E-state index in [1.807, 2.05) is 0 Å². The molecule has 3 aliphatic carbocycles. The summed E-state index contributed by atoms with van der Waals surface area (Å²) in [5.41, 5.74) is 4.00. The number of hydrogen-bond acceptors (Lipinski definition) is 0. The van der Waals surface area contributed by atoms with Gasteiger partial charge in [-0.3, -0.25) is 0 Å². The van der Waals surface area contributed by atoms with Crippen molar-refractivity contribution < 1.29 is 0 Å². The summed E-state index contributed by atoms with van der Waals surface area (Å²) in [6.07, 6.45) is 6.18. The molecule has 72 valence electrons. The van der Waals surface area contributed by atoms with Crippen LogP contribution < -0.4 is 0 Å². The lowest BCUT2D eigenvalue weighted by Gasteiger charge is -2.62. The van der Waals surface area contributed by atoms with E-state index in [9.17, 15) is 0 Å². The van der Waals surface area contributed by atoms with E-state index in [1.54, 1.807) is 5.57 Å². The Morgan fingerprint density at radius 2 is 1.92 bits per heavy atom. The van der Waals surface area contributed by atoms with Crippen LogP contribution in [0.5, 0.6) is 0 Å². The minimum Gasteiger partial charge on any atom is -0.0739 e. The first-order chi connectivity index (χ1) is 5.90. The smallest absolute Gasteiger partial charge is 0.00362 e. The fraction of sp³-hybridized carbons (Fsp3) is 0.692. The SMILES string of the molecule is CC1=CC2(C(C)C)CC(=C1)C2(C)C. The van der Waals surface area contributed by atoms with Crippen LogP contribution in [0.15, 0.2) is 23.3 Å². The van der Waals surface area contributed by atoms with Crippen molar-refractivity contribution in [3.05, 3.63) is 23.3 Å². The highest BCUT2D eigenvalue weighted by atomic mass is 14.6. The van der Waals surface area contributed by atoms with E-state index in [-0.39, 0.29) is 0 Å². The van der Waals surface area contributed by atoms with Crippen LogP contribution in [0.3, 0.4) is 0 Å². The fourth-order valence-electron chi connectivity index (χ4n) is 3.23. The molecule has 3 rings (SSSR count). The standard InChI is InChI=1S/C13H20/c1-9(2)13-7-10(3)6-11(8-13)12(13,4)5/h6-7,9H,8H2,1-5H3. The summed E-state index contributed by atoms with van der Waals surface area (Å²) in [7, 11) is 0. The van der Waals surface area contributed by atoms with E-state index in [0.29, 0.717) is 10.8 Å². The molecular weight excluding hydrogens is 156 g/mol. The van der Waals surface area contributed by atoms with Crippen molar-refractivity contribution in [1.82, 2.24) is 0 Å². The molecule has 0 N–H and O–H groups in total. The number of rotatable bonds is 1. The Kier molecular flexibility index (Phi) is 1.59. The third kappa shape index (κ3) is 0.868. The summed E-state index contributed by atoms with van der Waals surface area (Å²) in [6, 6.07) is 0. The average Bonchev–Trinajstić information content (AvgIpc) is 2.02. The highest BCUT2D eigenvalue weighted by Crippen LogP contribution is 2.67. The van der Waals surface area contributed by atoms with Gasteiger partial charge >= 0.3 is 0 Å². The van der Waals surface area contributed by atoms with Crippen molar-refractivity contribution in [3.63, 3.8) is 0 Å². The molecule has 13 heavy (non-hydrogen) atoms. The molecule has 2 bridgehead atoms. The van der Waals surface area contributed by atoms with Crippen LogP contribution in [-0.2, 0) is 0 Å². The first kappa shape index (κ1) is 9.05. The average molecular weight is 176 g/mol. The van der Waals surface area contributed by atoms with Crippen LogP contribution in [0.25, 0.3) is 0 Å². The summed E-state index contributed by atoms with van der Waals surface area (Å²) < 4.78 is 0. The van der Waals surface area contributed by atoms with Gasteiger partial charge in [0.05, 0.1) is 0 Å². The molecule has 3 aliphatic rings. The van der Waals surface area contributed by atoms with E-state index in [1.165, 1.54) is 12.0 Å². The predicted molar refractivity (Wildman–Crippen MR) is 57.5 cm³/mol. The van der Waals surface area contributed by atoms with Crippen LogP contribution in [0, 0.1) is 16.7 Å². The highest BCUT2D eigenvalue weighted by molar-refractivity contribution is 5.46. The molecule has 0 saturated heterocycles. The van der Waals surface area contributed by atoms with E-state index >= 15 is 0 Å². The molecule has 1 saturated carbocycles. The van der Waals surface area contributed by atoms with E-state index in [0.717, 1.165) is 5.92 Å². The highest BCUT2D eigenvalue weighted by Gasteiger charge is 2.57. The van der Waals surface area contributed by atoms with Gasteiger partial charge in [-0.25, -0.2) is 0 Å². The maximum Gasteiger partial charge on any atom is 0.00362 e. The Balaban J connectivity index is 2.47. The Morgan fingerprint density at radius 1 is 1.31 bits per heavy atom. The van der Waals surface area contributed by atoms with Gasteiger partial charge in [-0.2, -0.15) is 0 Å². The van der Waals surface area contributed by atoms with Crippen LogP contribution in [0.1, 0.15) is 41.0 Å². The molecule has 1 unspecified atom stereocenters. The molecule has 0 aliphatic heterocycles. The Bertz CT molecular complexity index is 302. The lowest BCUT2D eigenvalue weighted by atomic mass is 9.42. The number of hydrogen-bond donors (Lipinski definition) is 0. The molecule has 0 amide bonds. The molecule has 0 radical (unpaired) electrons. The second kappa shape index (κ2) is 2.29. The topological polar surface area (TPSA) is 0 Å². The summed E-state index contributed by atoms with van der Waals surface area (Å²) >= 11 is 0. The first-order valence-electron chi connectivity index (χ1n) is 5.31. The molecule has 0 heterocycles. The monoisotopic (exact) mass is 176 g/mol. The summed E-state index contributed by atoms with van der Waals surface area (Å²) in [4.78, 5) is 0. The van der Waals surface area contributed by atoms with Gasteiger partial charge in [-0.05, 0) is 24.7 Å². The normalized spacial score (nSPS) is 35.2. The Hall–Kier alpha value is -0.520. The van der Waals surface area contributed by atoms with Crippen LogP contribution in [0.4, 0.5) is 0 Å². The maximum absolute atomic E-state index is 2.50. The zero-order valence-corrected chi connectivity index (χ0v) is 9.44. The molecular formula is C13H20. The molecule has 0 nitrogen and oxygen atoms in total. The van der Waals surface area contributed by atoms with Crippen LogP contribution in [0.2, 0.25) is 0 Å². The van der Waals surface area contributed by atoms with Gasteiger partial charge in [0.1, 0.15) is 0 Å². The van der Waals surface area contributed by atoms with E-state index in [4.69, 9.17) is 0 Å². The van der Waals surface area contributed by atoms with Crippen molar-refractivity contribution in [2.45, 2.75) is 41.0 Å². The third-order valence-electron chi connectivity index (χ3n) is 4.37. The van der Waals surface area contributed by atoms with Gasteiger partial charge in [-0.1, -0.05) is 51.0 Å². The molecule has 1 atom stereocenters. The second-order valence-electron chi connectivity index (χ2n) is 5.55. The quantitative estimate of drug-likeness (QED) is 0.567. The lowest BCUT2D eigenvalue weighted by Crippen LogP contribution is -2.53. The van der Waals surface area contributed by atoms with Gasteiger partial charge in [-0.15, -0.1) is 0 Å². The van der Waals surface area contributed by atoms with E-state index in [2.05, 4.69) is 46.8 Å². The molecule has 0 aromatic carbocycles. The van der Waals surface area contributed by atoms with Gasteiger partial charge in [0.2, 0.25) is 0 Å². The van der Waals surface area contributed by atoms with Crippen molar-refractivity contribution in [3.8, 4) is 0 Å². The van der Waals surface area contributed by atoms with Gasteiger partial charge in [0.15, 0.2) is 0 Å². The van der Waals surface area contributed by atoms with Gasteiger partial charge in [0.25, 0.3) is 0 Å². The molecule has 1 fully saturated rings. The van der Waals surface area contributed by atoms with E-state index < -0.39 is 0 Å². The van der Waals surface area contributed by atoms with Crippen molar-refractivity contribution >= 4 is 0 Å². The minimum absolute atomic E-state index is 0.417. The lowest BCUT2D eigenvalue weighted by molar-refractivity contribution is 0.0203. The van der Waals surface area contributed by atoms with Crippen molar-refractivity contribution in [1.29, 1.82) is 0 Å². The fourth-order valence-corrected chi connectivity index (χ4v) is 3.23. The number of allylic oxidation sites excluding steroid dienone is 4. The van der Waals surface area contributed by atoms with Crippen molar-refractivity contribution in [2.24, 2.45) is 16.7 Å². The molecule has 0 spiro atoms. The third-order valence-corrected chi connectivity index (χ3v) is 4.37. The summed E-state index contributed by atoms with van der Waals surface area (Å²) in [5, 5.41) is 0. The summed E-state index contributed by atoms with van der Waals surface area (Å²) in [5.74, 6) is 0.759. The number of fused-ring (bicyclic) bond motifs is 1. The zero-order chi connectivity index (χ0) is 9.85. The van der Waals surface area contributed by atoms with Crippen LogP contribution in [-0.4, -0.2) is 0 Å². The van der Waals surface area contributed by atoms with Gasteiger partial charge in [0, 0.05) is 5.41 Å². The largest absolute Gasteiger partial charge is 0.0739 e. The van der Waals surface area contributed by atoms with Crippen molar-refractivity contribution in [2.75, 3.05) is 0 Å². The maximum atomic E-state index is 2.50.